The van der Waals surface area contributed by atoms with Gasteiger partial charge in [0.1, 0.15) is 0 Å². The normalized spacial score (nSPS) is 17.9. The largest absolute Gasteiger partial charge is 0.282 e. The second-order valence-electron chi connectivity index (χ2n) is 5.70. The summed E-state index contributed by atoms with van der Waals surface area (Å²) in [6, 6.07) is 8.30. The highest BCUT2D eigenvalue weighted by atomic mass is 32.3. The molecular formula is C16H18AlN2S. The smallest absolute Gasteiger partial charge is 0.242 e. The van der Waals surface area contributed by atoms with Gasteiger partial charge in [0.25, 0.3) is 15.2 Å². The Bertz CT molecular complexity index is 692. The van der Waals surface area contributed by atoms with Crippen LogP contribution in [0, 0.1) is 5.41 Å². The maximum atomic E-state index is 4.77. The van der Waals surface area contributed by atoms with Gasteiger partial charge in [0, 0.05) is 21.9 Å². The number of fused-ring (bicyclic) bond motifs is 1. The average molecular weight is 297 g/mol. The average Bonchev–Trinajstić information content (AvgIpc) is 2.95. The van der Waals surface area contributed by atoms with Crippen LogP contribution in [0.1, 0.15) is 27.2 Å². The first-order valence-corrected chi connectivity index (χ1v) is 9.62. The molecule has 2 aromatic rings. The number of hydrogen-bond donors (Lipinski definition) is 0. The Labute approximate surface area is 131 Å². The zero-order valence-electron chi connectivity index (χ0n) is 12.2. The Morgan fingerprint density at radius 2 is 2.05 bits per heavy atom. The molecule has 0 aliphatic heterocycles. The van der Waals surface area contributed by atoms with E-state index < -0.39 is 0 Å². The molecule has 4 heteroatoms. The van der Waals surface area contributed by atoms with Crippen molar-refractivity contribution in [2.75, 3.05) is 0 Å². The molecule has 0 saturated carbocycles. The monoisotopic (exact) mass is 297 g/mol. The number of rotatable bonds is 3. The van der Waals surface area contributed by atoms with E-state index in [2.05, 4.69) is 55.9 Å². The summed E-state index contributed by atoms with van der Waals surface area (Å²) in [6.45, 7) is 6.77. The van der Waals surface area contributed by atoms with Crippen LogP contribution < -0.4 is 0 Å². The molecule has 0 saturated heterocycles. The van der Waals surface area contributed by atoms with Crippen molar-refractivity contribution in [3.05, 3.63) is 47.0 Å². The van der Waals surface area contributed by atoms with Crippen molar-refractivity contribution in [2.45, 2.75) is 27.2 Å². The standard InChI is InChI=1S/C16H18N2S.Al.H/c1-4-11-9-16(2,3)15(14(11)19)18-10-12-7-5-6-8-13(12)17-18;;/h5-10,19H,4H2,1-3H3;;/q;+1;/p-1. The van der Waals surface area contributed by atoms with Gasteiger partial charge in [-0.05, 0) is 18.1 Å². The molecule has 2 nitrogen and oxygen atoms in total. The van der Waals surface area contributed by atoms with Crippen molar-refractivity contribution in [3.63, 3.8) is 0 Å². The highest BCUT2D eigenvalue weighted by Gasteiger charge is 2.33. The van der Waals surface area contributed by atoms with E-state index in [0.29, 0.717) is 0 Å². The Hall–Kier alpha value is -0.948. The van der Waals surface area contributed by atoms with Crippen LogP contribution in [0.5, 0.6) is 0 Å². The summed E-state index contributed by atoms with van der Waals surface area (Å²) in [5, 5.41) is 5.97. The molecule has 0 amide bonds. The summed E-state index contributed by atoms with van der Waals surface area (Å²) in [7, 11) is 1.86. The lowest BCUT2D eigenvalue weighted by atomic mass is 9.92. The Morgan fingerprint density at radius 1 is 1.30 bits per heavy atom. The summed E-state index contributed by atoms with van der Waals surface area (Å²) in [4.78, 5) is 1.39. The Morgan fingerprint density at radius 3 is 2.70 bits per heavy atom. The van der Waals surface area contributed by atoms with E-state index in [4.69, 9.17) is 5.10 Å². The lowest BCUT2D eigenvalue weighted by molar-refractivity contribution is 0.605. The molecule has 1 aliphatic carbocycles. The molecule has 0 atom stereocenters. The van der Waals surface area contributed by atoms with Crippen LogP contribution in [0.3, 0.4) is 0 Å². The first kappa shape index (κ1) is 14.0. The van der Waals surface area contributed by atoms with Gasteiger partial charge in [-0.15, -0.1) is 0 Å². The molecule has 1 radical (unpaired) electrons. The summed E-state index contributed by atoms with van der Waals surface area (Å²) in [5.41, 5.74) is 3.86. The lowest BCUT2D eigenvalue weighted by Gasteiger charge is -2.21. The van der Waals surface area contributed by atoms with Gasteiger partial charge in [0.15, 0.2) is 0 Å². The van der Waals surface area contributed by atoms with Gasteiger partial charge in [0.2, 0.25) is 0 Å². The topological polar surface area (TPSA) is 17.8 Å². The molecule has 3 rings (SSSR count). The van der Waals surface area contributed by atoms with E-state index in [-0.39, 0.29) is 5.41 Å². The fourth-order valence-corrected chi connectivity index (χ4v) is 4.76. The Kier molecular flexibility index (Phi) is 3.58. The number of benzene rings is 1. The van der Waals surface area contributed by atoms with Crippen molar-refractivity contribution in [2.24, 2.45) is 5.41 Å². The second-order valence-corrected chi connectivity index (χ2v) is 7.26. The molecular weight excluding hydrogens is 279 g/mol. The van der Waals surface area contributed by atoms with Gasteiger partial charge in [-0.25, -0.2) is 14.8 Å². The van der Waals surface area contributed by atoms with Crippen LogP contribution in [-0.4, -0.2) is 24.9 Å². The predicted molar refractivity (Wildman–Crippen MR) is 89.8 cm³/mol. The highest BCUT2D eigenvalue weighted by molar-refractivity contribution is 8.23. The third-order valence-electron chi connectivity index (χ3n) is 3.82. The van der Waals surface area contributed by atoms with Gasteiger partial charge in [-0.2, -0.15) is 5.10 Å². The molecule has 101 valence electrons. The summed E-state index contributed by atoms with van der Waals surface area (Å²) in [6.07, 6.45) is 5.62. The van der Waals surface area contributed by atoms with Gasteiger partial charge < -0.3 is 0 Å². The fraction of sp³-hybridized carbons (Fsp3) is 0.312. The minimum absolute atomic E-state index is 0.0379. The Balaban J connectivity index is 2.20. The molecule has 1 aromatic carbocycles. The quantitative estimate of drug-likeness (QED) is 0.793. The van der Waals surface area contributed by atoms with E-state index in [1.165, 1.54) is 21.6 Å². The molecule has 0 unspecified atom stereocenters. The molecule has 1 aromatic heterocycles. The van der Waals surface area contributed by atoms with Crippen molar-refractivity contribution >= 4 is 41.9 Å². The van der Waals surface area contributed by atoms with Crippen LogP contribution in [0.15, 0.2) is 47.0 Å². The summed E-state index contributed by atoms with van der Waals surface area (Å²) in [5.74, 6) is 0. The van der Waals surface area contributed by atoms with Crippen LogP contribution in [0.25, 0.3) is 16.6 Å². The summed E-state index contributed by atoms with van der Waals surface area (Å²) < 4.78 is 2.08. The maximum absolute atomic E-state index is 4.77. The van der Waals surface area contributed by atoms with E-state index >= 15 is 0 Å². The van der Waals surface area contributed by atoms with Crippen LogP contribution in [0.4, 0.5) is 0 Å². The van der Waals surface area contributed by atoms with Crippen molar-refractivity contribution in [1.82, 2.24) is 9.78 Å². The molecule has 1 heterocycles. The van der Waals surface area contributed by atoms with E-state index in [0.717, 1.165) is 11.9 Å². The summed E-state index contributed by atoms with van der Waals surface area (Å²) >= 11 is 1.95. The minimum Gasteiger partial charge on any atom is -0.242 e. The lowest BCUT2D eigenvalue weighted by Crippen LogP contribution is -2.14. The molecule has 0 bridgehead atoms. The second kappa shape index (κ2) is 5.11. The predicted octanol–water partition coefficient (Wildman–Crippen LogP) is 4.13. The van der Waals surface area contributed by atoms with Crippen molar-refractivity contribution in [3.8, 4) is 0 Å². The van der Waals surface area contributed by atoms with E-state index in [1.807, 2.05) is 31.4 Å². The molecule has 0 spiro atoms. The third kappa shape index (κ3) is 2.16. The molecule has 20 heavy (non-hydrogen) atoms. The third-order valence-corrected chi connectivity index (χ3v) is 5.43. The van der Waals surface area contributed by atoms with Gasteiger partial charge >= 0.3 is 0 Å². The van der Waals surface area contributed by atoms with Gasteiger partial charge in [-0.3, -0.25) is 0 Å². The van der Waals surface area contributed by atoms with Crippen LogP contribution in [0.2, 0.25) is 0 Å². The number of allylic oxidation sites excluding steroid dienone is 3. The maximum Gasteiger partial charge on any atom is 0.282 e. The molecule has 1 aliphatic rings. The van der Waals surface area contributed by atoms with Crippen LogP contribution in [-0.2, 0) is 0 Å². The van der Waals surface area contributed by atoms with Crippen molar-refractivity contribution < 1.29 is 0 Å². The van der Waals surface area contributed by atoms with Crippen LogP contribution >= 0.6 is 10.1 Å². The first-order chi connectivity index (χ1) is 9.56. The number of aromatic nitrogens is 2. The van der Waals surface area contributed by atoms with E-state index in [9.17, 15) is 0 Å². The highest BCUT2D eigenvalue weighted by Crippen LogP contribution is 2.47. The van der Waals surface area contributed by atoms with Gasteiger partial charge in [0.05, 0.1) is 11.2 Å². The number of nitrogens with zero attached hydrogens (tertiary/aromatic N) is 2. The zero-order chi connectivity index (χ0) is 14.3. The zero-order valence-corrected chi connectivity index (χ0v) is 14.4. The molecule has 0 fully saturated rings. The minimum atomic E-state index is 0.0379. The van der Waals surface area contributed by atoms with E-state index in [1.54, 1.807) is 0 Å². The van der Waals surface area contributed by atoms with Crippen molar-refractivity contribution in [1.29, 1.82) is 0 Å². The first-order valence-electron chi connectivity index (χ1n) is 6.90. The fourth-order valence-electron chi connectivity index (χ4n) is 2.92. The number of hydrogen-bond acceptors (Lipinski definition) is 2. The molecule has 0 N–H and O–H groups in total. The van der Waals surface area contributed by atoms with Gasteiger partial charge in [-0.1, -0.05) is 45.0 Å². The SMILES string of the molecule is CCC1=CC(C)(C)C(n2cc3ccccc3n2)=C1[S][AlH].